The highest BCUT2D eigenvalue weighted by Gasteiger charge is 2.29. The van der Waals surface area contributed by atoms with E-state index in [9.17, 15) is 9.59 Å². The first-order chi connectivity index (χ1) is 9.91. The number of hydrogen-bond acceptors (Lipinski definition) is 4. The molecule has 0 unspecified atom stereocenters. The van der Waals surface area contributed by atoms with Gasteiger partial charge in [0.15, 0.2) is 5.69 Å². The Balaban J connectivity index is 2.02. The van der Waals surface area contributed by atoms with Gasteiger partial charge in [0.05, 0.1) is 12.0 Å². The zero-order valence-electron chi connectivity index (χ0n) is 11.8. The molecule has 0 fully saturated rings. The molecule has 1 amide bonds. The molecule has 6 heteroatoms. The van der Waals surface area contributed by atoms with Gasteiger partial charge in [-0.25, -0.2) is 9.78 Å². The van der Waals surface area contributed by atoms with Gasteiger partial charge in [-0.05, 0) is 19.4 Å². The Morgan fingerprint density at radius 1 is 1.29 bits per heavy atom. The molecule has 2 rings (SSSR count). The van der Waals surface area contributed by atoms with Gasteiger partial charge in [0.1, 0.15) is 5.01 Å². The van der Waals surface area contributed by atoms with Crippen LogP contribution in [0.4, 0.5) is 0 Å². The lowest BCUT2D eigenvalue weighted by atomic mass is 9.84. The van der Waals surface area contributed by atoms with Gasteiger partial charge < -0.3 is 10.4 Å². The number of carbonyl (C=O) groups excluding carboxylic acids is 1. The van der Waals surface area contributed by atoms with E-state index in [1.165, 1.54) is 16.7 Å². The van der Waals surface area contributed by atoms with Gasteiger partial charge in [-0.3, -0.25) is 4.79 Å². The number of nitrogens with one attached hydrogen (secondary N) is 1. The summed E-state index contributed by atoms with van der Waals surface area (Å²) in [4.78, 5) is 27.0. The van der Waals surface area contributed by atoms with Crippen molar-refractivity contribution < 1.29 is 14.7 Å². The molecule has 21 heavy (non-hydrogen) atoms. The van der Waals surface area contributed by atoms with Crippen molar-refractivity contribution in [2.24, 2.45) is 0 Å². The number of hydrogen-bond donors (Lipinski definition) is 2. The summed E-state index contributed by atoms with van der Waals surface area (Å²) in [5.41, 5.74) is 0.271. The molecule has 5 nitrogen and oxygen atoms in total. The zero-order valence-corrected chi connectivity index (χ0v) is 12.6. The Morgan fingerprint density at radius 3 is 2.52 bits per heavy atom. The molecular formula is C15H16N2O3S. The van der Waals surface area contributed by atoms with Crippen molar-refractivity contribution in [2.75, 3.05) is 0 Å². The number of aromatic carboxylic acids is 1. The molecule has 0 aliphatic rings. The highest BCUT2D eigenvalue weighted by molar-refractivity contribution is 7.09. The molecule has 0 saturated heterocycles. The SMILES string of the molecule is CC(C)(C(=O)NCc1nc(C(=O)O)cs1)c1ccccc1. The van der Waals surface area contributed by atoms with Gasteiger partial charge in [-0.2, -0.15) is 0 Å². The average molecular weight is 304 g/mol. The van der Waals surface area contributed by atoms with Crippen LogP contribution in [0.3, 0.4) is 0 Å². The maximum atomic E-state index is 12.3. The maximum absolute atomic E-state index is 12.3. The molecule has 2 aromatic rings. The van der Waals surface area contributed by atoms with Gasteiger partial charge in [0, 0.05) is 5.38 Å². The highest BCUT2D eigenvalue weighted by Crippen LogP contribution is 2.23. The van der Waals surface area contributed by atoms with E-state index >= 15 is 0 Å². The molecule has 1 heterocycles. The lowest BCUT2D eigenvalue weighted by Gasteiger charge is -2.23. The second-order valence-electron chi connectivity index (χ2n) is 5.11. The third kappa shape index (κ3) is 3.46. The van der Waals surface area contributed by atoms with E-state index < -0.39 is 11.4 Å². The van der Waals surface area contributed by atoms with Crippen molar-refractivity contribution in [1.29, 1.82) is 0 Å². The maximum Gasteiger partial charge on any atom is 0.355 e. The summed E-state index contributed by atoms with van der Waals surface area (Å²) in [5.74, 6) is -1.19. The third-order valence-corrected chi connectivity index (χ3v) is 4.08. The van der Waals surface area contributed by atoms with E-state index in [2.05, 4.69) is 10.3 Å². The highest BCUT2D eigenvalue weighted by atomic mass is 32.1. The monoisotopic (exact) mass is 304 g/mol. The van der Waals surface area contributed by atoms with Crippen molar-refractivity contribution in [1.82, 2.24) is 10.3 Å². The van der Waals surface area contributed by atoms with E-state index in [0.29, 0.717) is 5.01 Å². The Kier molecular flexibility index (Phi) is 4.37. The molecule has 1 aromatic heterocycles. The predicted octanol–water partition coefficient (Wildman–Crippen LogP) is 2.44. The van der Waals surface area contributed by atoms with Crippen LogP contribution in [0.2, 0.25) is 0 Å². The van der Waals surface area contributed by atoms with Crippen LogP contribution in [0.25, 0.3) is 0 Å². The van der Waals surface area contributed by atoms with Crippen molar-refractivity contribution >= 4 is 23.2 Å². The van der Waals surface area contributed by atoms with Crippen molar-refractivity contribution in [2.45, 2.75) is 25.8 Å². The Bertz CT molecular complexity index is 650. The normalized spacial score (nSPS) is 11.1. The first kappa shape index (κ1) is 15.2. The van der Waals surface area contributed by atoms with Crippen LogP contribution in [-0.2, 0) is 16.8 Å². The van der Waals surface area contributed by atoms with E-state index in [-0.39, 0.29) is 18.1 Å². The van der Waals surface area contributed by atoms with Crippen LogP contribution in [-0.4, -0.2) is 22.0 Å². The number of carbonyl (C=O) groups is 2. The third-order valence-electron chi connectivity index (χ3n) is 3.23. The first-order valence-corrected chi connectivity index (χ1v) is 7.31. The van der Waals surface area contributed by atoms with Crippen LogP contribution in [0.1, 0.15) is 34.9 Å². The fraction of sp³-hybridized carbons (Fsp3) is 0.267. The van der Waals surface area contributed by atoms with Crippen molar-refractivity contribution in [3.05, 3.63) is 52.0 Å². The summed E-state index contributed by atoms with van der Waals surface area (Å²) >= 11 is 1.22. The predicted molar refractivity (Wildman–Crippen MR) is 80.4 cm³/mol. The molecule has 0 spiro atoms. The summed E-state index contributed by atoms with van der Waals surface area (Å²) in [6.45, 7) is 3.93. The molecule has 0 aliphatic heterocycles. The van der Waals surface area contributed by atoms with Gasteiger partial charge in [-0.1, -0.05) is 30.3 Å². The van der Waals surface area contributed by atoms with Crippen LogP contribution < -0.4 is 5.32 Å². The topological polar surface area (TPSA) is 79.3 Å². The second kappa shape index (κ2) is 6.05. The largest absolute Gasteiger partial charge is 0.476 e. The Labute approximate surface area is 126 Å². The molecule has 110 valence electrons. The van der Waals surface area contributed by atoms with Crippen molar-refractivity contribution in [3.8, 4) is 0 Å². The van der Waals surface area contributed by atoms with E-state index in [4.69, 9.17) is 5.11 Å². The Hall–Kier alpha value is -2.21. The number of carboxylic acid groups (broad SMARTS) is 1. The summed E-state index contributed by atoms with van der Waals surface area (Å²) in [6.07, 6.45) is 0. The van der Waals surface area contributed by atoms with Gasteiger partial charge in [0.25, 0.3) is 0 Å². The number of benzene rings is 1. The van der Waals surface area contributed by atoms with E-state index in [1.807, 2.05) is 44.2 Å². The molecule has 0 saturated carbocycles. The summed E-state index contributed by atoms with van der Waals surface area (Å²) in [6, 6.07) is 9.51. The number of thiazole rings is 1. The van der Waals surface area contributed by atoms with Crippen LogP contribution in [0, 0.1) is 0 Å². The number of aromatic nitrogens is 1. The van der Waals surface area contributed by atoms with E-state index in [0.717, 1.165) is 5.56 Å². The number of amides is 1. The average Bonchev–Trinajstić information content (AvgIpc) is 2.94. The quantitative estimate of drug-likeness (QED) is 0.889. The lowest BCUT2D eigenvalue weighted by molar-refractivity contribution is -0.125. The molecule has 0 radical (unpaired) electrons. The van der Waals surface area contributed by atoms with Crippen LogP contribution >= 0.6 is 11.3 Å². The smallest absolute Gasteiger partial charge is 0.355 e. The molecule has 2 N–H and O–H groups in total. The molecule has 1 aromatic carbocycles. The summed E-state index contributed by atoms with van der Waals surface area (Å²) in [7, 11) is 0. The lowest BCUT2D eigenvalue weighted by Crippen LogP contribution is -2.39. The molecule has 0 atom stereocenters. The second-order valence-corrected chi connectivity index (χ2v) is 6.05. The first-order valence-electron chi connectivity index (χ1n) is 6.43. The van der Waals surface area contributed by atoms with Crippen molar-refractivity contribution in [3.63, 3.8) is 0 Å². The minimum absolute atomic E-state index is 0.00608. The number of carboxylic acids is 1. The summed E-state index contributed by atoms with van der Waals surface area (Å²) in [5, 5.41) is 13.7. The summed E-state index contributed by atoms with van der Waals surface area (Å²) < 4.78 is 0. The standard InChI is InChI=1S/C15H16N2O3S/c1-15(2,10-6-4-3-5-7-10)14(20)16-8-12-17-11(9-21-12)13(18)19/h3-7,9H,8H2,1-2H3,(H,16,20)(H,18,19). The van der Waals surface area contributed by atoms with Gasteiger partial charge >= 0.3 is 5.97 Å². The van der Waals surface area contributed by atoms with Crippen LogP contribution in [0.15, 0.2) is 35.7 Å². The molecule has 0 aliphatic carbocycles. The Morgan fingerprint density at radius 2 is 1.95 bits per heavy atom. The fourth-order valence-corrected chi connectivity index (χ4v) is 2.56. The fourth-order valence-electron chi connectivity index (χ4n) is 1.85. The molecular weight excluding hydrogens is 288 g/mol. The van der Waals surface area contributed by atoms with Gasteiger partial charge in [-0.15, -0.1) is 11.3 Å². The van der Waals surface area contributed by atoms with Gasteiger partial charge in [0.2, 0.25) is 5.91 Å². The zero-order chi connectivity index (χ0) is 15.5. The number of nitrogens with zero attached hydrogens (tertiary/aromatic N) is 1. The van der Waals surface area contributed by atoms with E-state index in [1.54, 1.807) is 0 Å². The molecule has 0 bridgehead atoms. The van der Waals surface area contributed by atoms with Crippen LogP contribution in [0.5, 0.6) is 0 Å². The minimum Gasteiger partial charge on any atom is -0.476 e. The number of rotatable bonds is 5. The minimum atomic E-state index is -1.06.